The van der Waals surface area contributed by atoms with Gasteiger partial charge in [-0.05, 0) is 38.6 Å². The highest BCUT2D eigenvalue weighted by Crippen LogP contribution is 2.11. The maximum Gasteiger partial charge on any atom is 0.253 e. The fourth-order valence-corrected chi connectivity index (χ4v) is 2.20. The molecule has 0 aliphatic carbocycles. The van der Waals surface area contributed by atoms with Gasteiger partial charge in [0.15, 0.2) is 0 Å². The van der Waals surface area contributed by atoms with Crippen LogP contribution in [-0.4, -0.2) is 55.0 Å². The largest absolute Gasteiger partial charge is 0.374 e. The van der Waals surface area contributed by atoms with E-state index < -0.39 is 0 Å². The summed E-state index contributed by atoms with van der Waals surface area (Å²) in [5.41, 5.74) is 1.87. The summed E-state index contributed by atoms with van der Waals surface area (Å²) in [7, 11) is 2.09. The predicted molar refractivity (Wildman–Crippen MR) is 79.8 cm³/mol. The van der Waals surface area contributed by atoms with E-state index in [2.05, 4.69) is 11.9 Å². The SMILES string of the molecule is CC(C)OCc1ccc(C(=O)N2CCN(C)CC2)cc1. The number of hydrogen-bond donors (Lipinski definition) is 0. The van der Waals surface area contributed by atoms with E-state index in [1.807, 2.05) is 43.0 Å². The molecule has 1 heterocycles. The van der Waals surface area contributed by atoms with Gasteiger partial charge in [0, 0.05) is 31.7 Å². The first-order valence-electron chi connectivity index (χ1n) is 7.24. The smallest absolute Gasteiger partial charge is 0.253 e. The van der Waals surface area contributed by atoms with E-state index in [0.29, 0.717) is 6.61 Å². The molecule has 1 aromatic carbocycles. The lowest BCUT2D eigenvalue weighted by molar-refractivity contribution is 0.0648. The third-order valence-electron chi connectivity index (χ3n) is 3.57. The summed E-state index contributed by atoms with van der Waals surface area (Å²) >= 11 is 0. The van der Waals surface area contributed by atoms with E-state index in [1.165, 1.54) is 0 Å². The number of likely N-dealkylation sites (N-methyl/N-ethyl adjacent to an activating group) is 1. The summed E-state index contributed by atoms with van der Waals surface area (Å²) in [4.78, 5) is 16.5. The van der Waals surface area contributed by atoms with E-state index in [9.17, 15) is 4.79 Å². The number of rotatable bonds is 4. The minimum Gasteiger partial charge on any atom is -0.374 e. The minimum atomic E-state index is 0.134. The van der Waals surface area contributed by atoms with E-state index in [4.69, 9.17) is 4.74 Å². The third-order valence-corrected chi connectivity index (χ3v) is 3.57. The molecule has 4 nitrogen and oxygen atoms in total. The van der Waals surface area contributed by atoms with Gasteiger partial charge in [0.1, 0.15) is 0 Å². The van der Waals surface area contributed by atoms with E-state index in [0.717, 1.165) is 37.3 Å². The Balaban J connectivity index is 1.93. The molecule has 20 heavy (non-hydrogen) atoms. The lowest BCUT2D eigenvalue weighted by atomic mass is 10.1. The molecule has 1 aliphatic heterocycles. The van der Waals surface area contributed by atoms with Gasteiger partial charge in [-0.25, -0.2) is 0 Å². The first kappa shape index (κ1) is 15.0. The Hall–Kier alpha value is -1.39. The second-order valence-corrected chi connectivity index (χ2v) is 5.65. The minimum absolute atomic E-state index is 0.134. The number of piperazine rings is 1. The summed E-state index contributed by atoms with van der Waals surface area (Å²) in [5, 5.41) is 0. The Bertz CT molecular complexity index is 434. The van der Waals surface area contributed by atoms with E-state index >= 15 is 0 Å². The van der Waals surface area contributed by atoms with Gasteiger partial charge >= 0.3 is 0 Å². The third kappa shape index (κ3) is 4.05. The highest BCUT2D eigenvalue weighted by molar-refractivity contribution is 5.94. The highest BCUT2D eigenvalue weighted by atomic mass is 16.5. The zero-order valence-corrected chi connectivity index (χ0v) is 12.6. The summed E-state index contributed by atoms with van der Waals surface area (Å²) < 4.78 is 5.56. The van der Waals surface area contributed by atoms with Gasteiger partial charge in [0.25, 0.3) is 5.91 Å². The Morgan fingerprint density at radius 3 is 2.30 bits per heavy atom. The van der Waals surface area contributed by atoms with Crippen molar-refractivity contribution in [2.24, 2.45) is 0 Å². The fourth-order valence-electron chi connectivity index (χ4n) is 2.20. The zero-order chi connectivity index (χ0) is 14.5. The Labute approximate surface area is 121 Å². The molecule has 4 heteroatoms. The molecule has 110 valence electrons. The average molecular weight is 276 g/mol. The van der Waals surface area contributed by atoms with Crippen LogP contribution in [0, 0.1) is 0 Å². The van der Waals surface area contributed by atoms with E-state index in [1.54, 1.807) is 0 Å². The van der Waals surface area contributed by atoms with Crippen molar-refractivity contribution in [3.63, 3.8) is 0 Å². The van der Waals surface area contributed by atoms with Gasteiger partial charge in [0.2, 0.25) is 0 Å². The van der Waals surface area contributed by atoms with Crippen LogP contribution < -0.4 is 0 Å². The van der Waals surface area contributed by atoms with Gasteiger partial charge in [0.05, 0.1) is 12.7 Å². The molecule has 1 aromatic rings. The molecule has 0 aromatic heterocycles. The standard InChI is InChI=1S/C16H24N2O2/c1-13(2)20-12-14-4-6-15(7-5-14)16(19)18-10-8-17(3)9-11-18/h4-7,13H,8-12H2,1-3H3. The summed E-state index contributed by atoms with van der Waals surface area (Å²) in [6.07, 6.45) is 0.224. The Morgan fingerprint density at radius 1 is 1.15 bits per heavy atom. The quantitative estimate of drug-likeness (QED) is 0.843. The van der Waals surface area contributed by atoms with Gasteiger partial charge in [-0.15, -0.1) is 0 Å². The van der Waals surface area contributed by atoms with Crippen LogP contribution in [0.4, 0.5) is 0 Å². The molecular weight excluding hydrogens is 252 g/mol. The van der Waals surface area contributed by atoms with Crippen molar-refractivity contribution in [3.05, 3.63) is 35.4 Å². The molecule has 1 aliphatic rings. The van der Waals surface area contributed by atoms with Crippen LogP contribution in [0.15, 0.2) is 24.3 Å². The van der Waals surface area contributed by atoms with Gasteiger partial charge in [-0.3, -0.25) is 4.79 Å². The molecule has 1 saturated heterocycles. The van der Waals surface area contributed by atoms with Gasteiger partial charge in [-0.1, -0.05) is 12.1 Å². The van der Waals surface area contributed by atoms with Gasteiger partial charge in [-0.2, -0.15) is 0 Å². The van der Waals surface area contributed by atoms with Gasteiger partial charge < -0.3 is 14.5 Å². The molecule has 0 saturated carbocycles. The zero-order valence-electron chi connectivity index (χ0n) is 12.6. The second kappa shape index (κ2) is 6.86. The molecule has 0 atom stereocenters. The Kier molecular flexibility index (Phi) is 5.15. The maximum absolute atomic E-state index is 12.4. The van der Waals surface area contributed by atoms with Crippen LogP contribution >= 0.6 is 0 Å². The van der Waals surface area contributed by atoms with Crippen LogP contribution in [0.2, 0.25) is 0 Å². The number of carbonyl (C=O) groups excluding carboxylic acids is 1. The predicted octanol–water partition coefficient (Wildman–Crippen LogP) is 2.00. The summed E-state index contributed by atoms with van der Waals surface area (Å²) in [5.74, 6) is 0.134. The van der Waals surface area contributed by atoms with Crippen LogP contribution in [0.1, 0.15) is 29.8 Å². The van der Waals surface area contributed by atoms with Crippen molar-refractivity contribution in [3.8, 4) is 0 Å². The lowest BCUT2D eigenvalue weighted by Gasteiger charge is -2.32. The number of benzene rings is 1. The van der Waals surface area contributed by atoms with E-state index in [-0.39, 0.29) is 12.0 Å². The van der Waals surface area contributed by atoms with Crippen molar-refractivity contribution in [1.29, 1.82) is 0 Å². The lowest BCUT2D eigenvalue weighted by Crippen LogP contribution is -2.47. The van der Waals surface area contributed by atoms with Crippen molar-refractivity contribution in [1.82, 2.24) is 9.80 Å². The maximum atomic E-state index is 12.4. The monoisotopic (exact) mass is 276 g/mol. The van der Waals surface area contributed by atoms with Crippen LogP contribution in [-0.2, 0) is 11.3 Å². The van der Waals surface area contributed by atoms with Crippen molar-refractivity contribution >= 4 is 5.91 Å². The number of nitrogens with zero attached hydrogens (tertiary/aromatic N) is 2. The second-order valence-electron chi connectivity index (χ2n) is 5.65. The molecule has 2 rings (SSSR count). The van der Waals surface area contributed by atoms with Crippen molar-refractivity contribution in [2.45, 2.75) is 26.6 Å². The van der Waals surface area contributed by atoms with Crippen molar-refractivity contribution < 1.29 is 9.53 Å². The first-order valence-corrected chi connectivity index (χ1v) is 7.24. The van der Waals surface area contributed by atoms with Crippen LogP contribution in [0.3, 0.4) is 0 Å². The number of carbonyl (C=O) groups is 1. The van der Waals surface area contributed by atoms with Crippen LogP contribution in [0.25, 0.3) is 0 Å². The summed E-state index contributed by atoms with van der Waals surface area (Å²) in [6.45, 7) is 8.16. The molecule has 0 bridgehead atoms. The molecule has 0 unspecified atom stereocenters. The molecular formula is C16H24N2O2. The van der Waals surface area contributed by atoms with Crippen LogP contribution in [0.5, 0.6) is 0 Å². The van der Waals surface area contributed by atoms with Crippen molar-refractivity contribution in [2.75, 3.05) is 33.2 Å². The fraction of sp³-hybridized carbons (Fsp3) is 0.562. The number of ether oxygens (including phenoxy) is 1. The topological polar surface area (TPSA) is 32.8 Å². The highest BCUT2D eigenvalue weighted by Gasteiger charge is 2.20. The Morgan fingerprint density at radius 2 is 1.75 bits per heavy atom. The summed E-state index contributed by atoms with van der Waals surface area (Å²) in [6, 6.07) is 7.76. The molecule has 0 spiro atoms. The first-order chi connectivity index (χ1) is 9.56. The normalized spacial score (nSPS) is 16.7. The number of hydrogen-bond acceptors (Lipinski definition) is 3. The molecule has 1 fully saturated rings. The molecule has 0 N–H and O–H groups in total. The molecule has 1 amide bonds. The average Bonchev–Trinajstić information content (AvgIpc) is 2.46. The molecule has 0 radical (unpaired) electrons. The number of amides is 1.